The molecule has 0 bridgehead atoms. The van der Waals surface area contributed by atoms with Crippen LogP contribution in [0, 0.1) is 11.3 Å². The molecule has 17 heavy (non-hydrogen) atoms. The van der Waals surface area contributed by atoms with E-state index in [1.165, 1.54) is 0 Å². The zero-order valence-corrected chi connectivity index (χ0v) is 8.91. The van der Waals surface area contributed by atoms with Gasteiger partial charge < -0.3 is 0 Å². The highest BCUT2D eigenvalue weighted by atomic mass is 15.0. The maximum Gasteiger partial charge on any atom is 0.100 e. The average Bonchev–Trinajstić information content (AvgIpc) is 2.82. The van der Waals surface area contributed by atoms with Crippen LogP contribution in [0.1, 0.15) is 5.56 Å². The molecule has 0 radical (unpaired) electrons. The third-order valence-corrected chi connectivity index (χ3v) is 2.62. The molecule has 3 rings (SSSR count). The molecule has 0 aliphatic rings. The normalized spacial score (nSPS) is 10.3. The van der Waals surface area contributed by atoms with Gasteiger partial charge in [-0.3, -0.25) is 9.55 Å². The summed E-state index contributed by atoms with van der Waals surface area (Å²) < 4.78 is 1.94. The van der Waals surface area contributed by atoms with Gasteiger partial charge in [-0.25, -0.2) is 4.98 Å². The summed E-state index contributed by atoms with van der Waals surface area (Å²) in [5, 5.41) is 8.91. The minimum absolute atomic E-state index is 0.633. The van der Waals surface area contributed by atoms with Crippen LogP contribution < -0.4 is 0 Å². The van der Waals surface area contributed by atoms with Gasteiger partial charge >= 0.3 is 0 Å². The topological polar surface area (TPSA) is 54.5 Å². The van der Waals surface area contributed by atoms with Gasteiger partial charge in [0.1, 0.15) is 6.33 Å². The first-order valence-corrected chi connectivity index (χ1v) is 5.16. The van der Waals surface area contributed by atoms with Crippen LogP contribution in [0.25, 0.3) is 16.7 Å². The van der Waals surface area contributed by atoms with Gasteiger partial charge in [0, 0.05) is 12.4 Å². The number of pyridine rings is 1. The monoisotopic (exact) mass is 220 g/mol. The largest absolute Gasteiger partial charge is 0.299 e. The fourth-order valence-electron chi connectivity index (χ4n) is 1.79. The van der Waals surface area contributed by atoms with Crippen LogP contribution in [0.5, 0.6) is 0 Å². The number of hydrogen-bond acceptors (Lipinski definition) is 3. The Kier molecular flexibility index (Phi) is 2.09. The van der Waals surface area contributed by atoms with Crippen LogP contribution in [0.15, 0.2) is 49.1 Å². The summed E-state index contributed by atoms with van der Waals surface area (Å²) in [4.78, 5) is 8.29. The van der Waals surface area contributed by atoms with Gasteiger partial charge in [0.2, 0.25) is 0 Å². The van der Waals surface area contributed by atoms with Crippen molar-refractivity contribution in [2.24, 2.45) is 0 Å². The maximum atomic E-state index is 8.91. The molecule has 0 saturated heterocycles. The molecule has 2 aromatic heterocycles. The number of hydrogen-bond donors (Lipinski definition) is 0. The van der Waals surface area contributed by atoms with Crippen LogP contribution in [-0.4, -0.2) is 14.5 Å². The first kappa shape index (κ1) is 9.55. The lowest BCUT2D eigenvalue weighted by Gasteiger charge is -2.02. The number of imidazole rings is 1. The van der Waals surface area contributed by atoms with E-state index in [-0.39, 0.29) is 0 Å². The van der Waals surface area contributed by atoms with Gasteiger partial charge in [0.05, 0.1) is 28.4 Å². The summed E-state index contributed by atoms with van der Waals surface area (Å²) in [5.41, 5.74) is 3.42. The third kappa shape index (κ3) is 1.54. The van der Waals surface area contributed by atoms with Crippen LogP contribution in [0.4, 0.5) is 0 Å². The molecule has 1 aromatic carbocycles. The smallest absolute Gasteiger partial charge is 0.100 e. The van der Waals surface area contributed by atoms with E-state index in [2.05, 4.69) is 16.0 Å². The van der Waals surface area contributed by atoms with Crippen molar-refractivity contribution in [1.82, 2.24) is 14.5 Å². The zero-order valence-electron chi connectivity index (χ0n) is 8.91. The Balaban J connectivity index is 2.28. The third-order valence-electron chi connectivity index (χ3n) is 2.62. The highest BCUT2D eigenvalue weighted by Crippen LogP contribution is 2.18. The number of rotatable bonds is 1. The van der Waals surface area contributed by atoms with E-state index in [1.807, 2.05) is 28.8 Å². The fraction of sp³-hybridized carbons (Fsp3) is 0. The number of nitrogens with zero attached hydrogens (tertiary/aromatic N) is 4. The molecule has 0 amide bonds. The quantitative estimate of drug-likeness (QED) is 0.632. The molecule has 0 aliphatic carbocycles. The second-order valence-corrected chi connectivity index (χ2v) is 3.64. The molecule has 0 atom stereocenters. The molecule has 0 N–H and O–H groups in total. The van der Waals surface area contributed by atoms with Crippen molar-refractivity contribution in [3.05, 3.63) is 54.6 Å². The lowest BCUT2D eigenvalue weighted by molar-refractivity contribution is 1.08. The Bertz CT molecular complexity index is 707. The maximum absolute atomic E-state index is 8.91. The van der Waals surface area contributed by atoms with Crippen molar-refractivity contribution < 1.29 is 0 Å². The number of fused-ring (bicyclic) bond motifs is 1. The predicted molar refractivity (Wildman–Crippen MR) is 63.6 cm³/mol. The van der Waals surface area contributed by atoms with Crippen molar-refractivity contribution in [2.45, 2.75) is 0 Å². The van der Waals surface area contributed by atoms with Gasteiger partial charge in [-0.15, -0.1) is 0 Å². The summed E-state index contributed by atoms with van der Waals surface area (Å²) in [7, 11) is 0. The van der Waals surface area contributed by atoms with Gasteiger partial charge in [0.15, 0.2) is 0 Å². The van der Waals surface area contributed by atoms with Gasteiger partial charge in [0.25, 0.3) is 0 Å². The molecule has 80 valence electrons. The Hall–Kier alpha value is -2.67. The molecule has 2 heterocycles. The van der Waals surface area contributed by atoms with Crippen molar-refractivity contribution in [3.63, 3.8) is 0 Å². The number of aromatic nitrogens is 3. The highest BCUT2D eigenvalue weighted by Gasteiger charge is 2.04. The molecule has 0 aliphatic heterocycles. The van der Waals surface area contributed by atoms with E-state index in [0.29, 0.717) is 5.56 Å². The van der Waals surface area contributed by atoms with Crippen LogP contribution in [0.3, 0.4) is 0 Å². The van der Waals surface area contributed by atoms with Crippen LogP contribution in [-0.2, 0) is 0 Å². The van der Waals surface area contributed by atoms with E-state index < -0.39 is 0 Å². The Morgan fingerprint density at radius 3 is 2.71 bits per heavy atom. The standard InChI is InChI=1S/C13H8N4/c14-8-10-1-2-12-13(7-10)17(9-16-12)11-3-5-15-6-4-11/h1-7,9H. The molecule has 4 nitrogen and oxygen atoms in total. The van der Waals surface area contributed by atoms with Gasteiger partial charge in [-0.1, -0.05) is 0 Å². The Morgan fingerprint density at radius 2 is 1.94 bits per heavy atom. The molecule has 4 heteroatoms. The first-order chi connectivity index (χ1) is 8.38. The summed E-state index contributed by atoms with van der Waals surface area (Å²) in [6.07, 6.45) is 5.21. The zero-order chi connectivity index (χ0) is 11.7. The fourth-order valence-corrected chi connectivity index (χ4v) is 1.79. The van der Waals surface area contributed by atoms with Crippen LogP contribution in [0.2, 0.25) is 0 Å². The van der Waals surface area contributed by atoms with E-state index in [9.17, 15) is 0 Å². The lowest BCUT2D eigenvalue weighted by atomic mass is 10.2. The minimum Gasteiger partial charge on any atom is -0.299 e. The van der Waals surface area contributed by atoms with Gasteiger partial charge in [-0.2, -0.15) is 5.26 Å². The van der Waals surface area contributed by atoms with E-state index >= 15 is 0 Å². The molecule has 0 unspecified atom stereocenters. The Morgan fingerprint density at radius 1 is 1.12 bits per heavy atom. The SMILES string of the molecule is N#Cc1ccc2ncn(-c3ccncc3)c2c1. The molecule has 0 spiro atoms. The van der Waals surface area contributed by atoms with Crippen molar-refractivity contribution in [3.8, 4) is 11.8 Å². The second-order valence-electron chi connectivity index (χ2n) is 3.64. The summed E-state index contributed by atoms with van der Waals surface area (Å²) in [5.74, 6) is 0. The number of nitriles is 1. The molecule has 0 fully saturated rings. The van der Waals surface area contributed by atoms with E-state index in [4.69, 9.17) is 5.26 Å². The second kappa shape index (κ2) is 3.72. The molecular formula is C13H8N4. The van der Waals surface area contributed by atoms with Crippen molar-refractivity contribution in [2.75, 3.05) is 0 Å². The average molecular weight is 220 g/mol. The van der Waals surface area contributed by atoms with Crippen LogP contribution >= 0.6 is 0 Å². The van der Waals surface area contributed by atoms with E-state index in [1.54, 1.807) is 24.8 Å². The van der Waals surface area contributed by atoms with Gasteiger partial charge in [-0.05, 0) is 30.3 Å². The first-order valence-electron chi connectivity index (χ1n) is 5.16. The highest BCUT2D eigenvalue weighted by molar-refractivity contribution is 5.78. The molecule has 0 saturated carbocycles. The van der Waals surface area contributed by atoms with Crippen molar-refractivity contribution in [1.29, 1.82) is 5.26 Å². The number of benzene rings is 1. The minimum atomic E-state index is 0.633. The molecule has 3 aromatic rings. The molecular weight excluding hydrogens is 212 g/mol. The summed E-state index contributed by atoms with van der Waals surface area (Å²) >= 11 is 0. The predicted octanol–water partition coefficient (Wildman–Crippen LogP) is 2.29. The summed E-state index contributed by atoms with van der Waals surface area (Å²) in [6.45, 7) is 0. The van der Waals surface area contributed by atoms with E-state index in [0.717, 1.165) is 16.7 Å². The Labute approximate surface area is 97.8 Å². The van der Waals surface area contributed by atoms with Crippen molar-refractivity contribution >= 4 is 11.0 Å². The summed E-state index contributed by atoms with van der Waals surface area (Å²) in [6, 6.07) is 11.4. The lowest BCUT2D eigenvalue weighted by Crippen LogP contribution is -1.91.